The molecule has 0 rings (SSSR count). The van der Waals surface area contributed by atoms with Crippen molar-refractivity contribution < 1.29 is 28.6 Å². The van der Waals surface area contributed by atoms with Crippen molar-refractivity contribution >= 4 is 17.9 Å². The van der Waals surface area contributed by atoms with Crippen LogP contribution in [-0.4, -0.2) is 37.2 Å². The molecule has 1 unspecified atom stereocenters. The van der Waals surface area contributed by atoms with Crippen LogP contribution in [0.4, 0.5) is 0 Å². The highest BCUT2D eigenvalue weighted by atomic mass is 16.6. The summed E-state index contributed by atoms with van der Waals surface area (Å²) in [6, 6.07) is 0. The normalized spacial score (nSPS) is 12.4. The quantitative estimate of drug-likeness (QED) is 0.0343. The van der Waals surface area contributed by atoms with Crippen molar-refractivity contribution in [1.82, 2.24) is 0 Å². The number of hydrogen-bond donors (Lipinski definition) is 0. The lowest BCUT2D eigenvalue weighted by Crippen LogP contribution is -2.30. The number of hydrogen-bond acceptors (Lipinski definition) is 6. The third-order valence-electron chi connectivity index (χ3n) is 14.6. The molecule has 2 atom stereocenters. The second-order valence-electron chi connectivity index (χ2n) is 22.1. The minimum atomic E-state index is -0.763. The van der Waals surface area contributed by atoms with Gasteiger partial charge in [-0.05, 0) is 31.1 Å². The van der Waals surface area contributed by atoms with Crippen molar-refractivity contribution in [2.75, 3.05) is 13.2 Å². The van der Waals surface area contributed by atoms with Gasteiger partial charge in [0.25, 0.3) is 0 Å². The Morgan fingerprint density at radius 1 is 0.309 bits per heavy atom. The second kappa shape index (κ2) is 54.7. The van der Waals surface area contributed by atoms with Crippen LogP contribution in [0.3, 0.4) is 0 Å². The van der Waals surface area contributed by atoms with Gasteiger partial charge in [-0.1, -0.05) is 311 Å². The SMILES string of the molecule is CCCCCCCCCCCCCCCCCCCC(=O)OC[C@@H](COC(=O)CCCCCCCCCCCCCCCCCCCCC(C)CC)OC(=O)CCCCCCCCCCC(C)C. The Morgan fingerprint density at radius 2 is 0.559 bits per heavy atom. The molecule has 0 saturated heterocycles. The maximum absolute atomic E-state index is 12.8. The van der Waals surface area contributed by atoms with Gasteiger partial charge in [-0.15, -0.1) is 0 Å². The van der Waals surface area contributed by atoms with Crippen LogP contribution in [0.2, 0.25) is 0 Å². The summed E-state index contributed by atoms with van der Waals surface area (Å²) in [5.41, 5.74) is 0. The Kier molecular flexibility index (Phi) is 53.5. The molecule has 6 heteroatoms. The maximum Gasteiger partial charge on any atom is 0.306 e. The van der Waals surface area contributed by atoms with Gasteiger partial charge >= 0.3 is 17.9 Å². The molecule has 0 radical (unpaired) electrons. The van der Waals surface area contributed by atoms with Crippen LogP contribution >= 0.6 is 0 Å². The average Bonchev–Trinajstić information content (AvgIpc) is 3.32. The number of carbonyl (C=O) groups is 3. The van der Waals surface area contributed by atoms with Crippen LogP contribution < -0.4 is 0 Å². The summed E-state index contributed by atoms with van der Waals surface area (Å²) < 4.78 is 16.9. The van der Waals surface area contributed by atoms with Gasteiger partial charge in [-0.25, -0.2) is 0 Å². The lowest BCUT2D eigenvalue weighted by Gasteiger charge is -2.18. The van der Waals surface area contributed by atoms with E-state index in [0.717, 1.165) is 69.6 Å². The van der Waals surface area contributed by atoms with Crippen molar-refractivity contribution in [3.05, 3.63) is 0 Å². The van der Waals surface area contributed by atoms with Gasteiger partial charge in [0.2, 0.25) is 0 Å². The average molecular weight is 962 g/mol. The molecule has 68 heavy (non-hydrogen) atoms. The van der Waals surface area contributed by atoms with Crippen molar-refractivity contribution in [2.45, 2.75) is 355 Å². The zero-order valence-electron chi connectivity index (χ0n) is 46.7. The van der Waals surface area contributed by atoms with E-state index >= 15 is 0 Å². The van der Waals surface area contributed by atoms with E-state index in [9.17, 15) is 14.4 Å². The topological polar surface area (TPSA) is 78.9 Å². The fourth-order valence-corrected chi connectivity index (χ4v) is 9.55. The molecule has 0 aliphatic heterocycles. The third kappa shape index (κ3) is 53.8. The van der Waals surface area contributed by atoms with Crippen molar-refractivity contribution in [3.63, 3.8) is 0 Å². The molecule has 0 aromatic rings. The van der Waals surface area contributed by atoms with E-state index in [1.54, 1.807) is 0 Å². The standard InChI is InChI=1S/C62H120O6/c1-6-8-9-10-11-12-13-14-15-18-22-25-28-31-37-42-47-52-60(63)66-55-59(68-62(65)54-49-44-39-34-33-35-40-45-50-57(3)4)56-67-61(64)53-48-43-38-32-29-26-23-20-17-16-19-21-24-27-30-36-41-46-51-58(5)7-2/h57-59H,6-56H2,1-5H3/t58?,59-/m0/s1. The summed E-state index contributed by atoms with van der Waals surface area (Å²) in [5, 5.41) is 0. The van der Waals surface area contributed by atoms with Crippen molar-refractivity contribution in [3.8, 4) is 0 Å². The van der Waals surface area contributed by atoms with Gasteiger partial charge in [0.15, 0.2) is 6.10 Å². The van der Waals surface area contributed by atoms with E-state index in [0.29, 0.717) is 19.3 Å². The molecular formula is C62H120O6. The molecule has 0 aromatic carbocycles. The fraction of sp³-hybridized carbons (Fsp3) is 0.952. The monoisotopic (exact) mass is 961 g/mol. The van der Waals surface area contributed by atoms with Crippen LogP contribution in [0, 0.1) is 11.8 Å². The number of rotatable bonds is 56. The van der Waals surface area contributed by atoms with Gasteiger partial charge in [-0.2, -0.15) is 0 Å². The first-order valence-corrected chi connectivity index (χ1v) is 30.8. The molecule has 0 N–H and O–H groups in total. The van der Waals surface area contributed by atoms with Gasteiger partial charge in [0, 0.05) is 19.3 Å². The highest BCUT2D eigenvalue weighted by Gasteiger charge is 2.19. The van der Waals surface area contributed by atoms with Gasteiger partial charge in [0.1, 0.15) is 13.2 Å². The maximum atomic E-state index is 12.8. The Balaban J connectivity index is 4.19. The van der Waals surface area contributed by atoms with Crippen LogP contribution in [-0.2, 0) is 28.6 Å². The molecule has 0 aromatic heterocycles. The lowest BCUT2D eigenvalue weighted by atomic mass is 9.99. The summed E-state index contributed by atoms with van der Waals surface area (Å²) >= 11 is 0. The summed E-state index contributed by atoms with van der Waals surface area (Å²) in [7, 11) is 0. The van der Waals surface area contributed by atoms with Gasteiger partial charge in [0.05, 0.1) is 0 Å². The molecule has 0 saturated carbocycles. The molecule has 0 spiro atoms. The molecule has 404 valence electrons. The summed E-state index contributed by atoms with van der Waals surface area (Å²) in [4.78, 5) is 38.2. The Hall–Kier alpha value is -1.59. The van der Waals surface area contributed by atoms with E-state index < -0.39 is 6.10 Å². The smallest absolute Gasteiger partial charge is 0.306 e. The highest BCUT2D eigenvalue weighted by molar-refractivity contribution is 5.71. The molecule has 0 aliphatic carbocycles. The van der Waals surface area contributed by atoms with E-state index in [-0.39, 0.29) is 31.1 Å². The van der Waals surface area contributed by atoms with Crippen LogP contribution in [0.5, 0.6) is 0 Å². The predicted molar refractivity (Wildman–Crippen MR) is 293 cm³/mol. The zero-order valence-corrected chi connectivity index (χ0v) is 46.7. The first-order valence-electron chi connectivity index (χ1n) is 30.8. The number of esters is 3. The van der Waals surface area contributed by atoms with Crippen molar-refractivity contribution in [1.29, 1.82) is 0 Å². The minimum Gasteiger partial charge on any atom is -0.462 e. The number of carbonyl (C=O) groups excluding carboxylic acids is 3. The third-order valence-corrected chi connectivity index (χ3v) is 14.6. The van der Waals surface area contributed by atoms with Crippen LogP contribution in [0.15, 0.2) is 0 Å². The van der Waals surface area contributed by atoms with E-state index in [2.05, 4.69) is 34.6 Å². The molecule has 0 amide bonds. The Morgan fingerprint density at radius 3 is 0.838 bits per heavy atom. The molecule has 0 fully saturated rings. The van der Waals surface area contributed by atoms with E-state index in [1.807, 2.05) is 0 Å². The first-order chi connectivity index (χ1) is 33.3. The minimum absolute atomic E-state index is 0.0630. The van der Waals surface area contributed by atoms with Gasteiger partial charge < -0.3 is 14.2 Å². The first kappa shape index (κ1) is 66.4. The molecule has 0 aliphatic rings. The molecule has 6 nitrogen and oxygen atoms in total. The highest BCUT2D eigenvalue weighted by Crippen LogP contribution is 2.19. The Labute approximate surface area is 425 Å². The molecule has 0 heterocycles. The zero-order chi connectivity index (χ0) is 49.6. The predicted octanol–water partition coefficient (Wildman–Crippen LogP) is 20.4. The fourth-order valence-electron chi connectivity index (χ4n) is 9.55. The van der Waals surface area contributed by atoms with E-state index in [4.69, 9.17) is 14.2 Å². The second-order valence-corrected chi connectivity index (χ2v) is 22.1. The van der Waals surface area contributed by atoms with Crippen LogP contribution in [0.25, 0.3) is 0 Å². The van der Waals surface area contributed by atoms with Gasteiger partial charge in [-0.3, -0.25) is 14.4 Å². The number of unbranched alkanes of at least 4 members (excludes halogenated alkanes) is 40. The van der Waals surface area contributed by atoms with Crippen LogP contribution in [0.1, 0.15) is 349 Å². The Bertz CT molecular complexity index is 1040. The summed E-state index contributed by atoms with van der Waals surface area (Å²) in [6.07, 6.45) is 59.6. The van der Waals surface area contributed by atoms with E-state index in [1.165, 1.54) is 238 Å². The molecular weight excluding hydrogens is 841 g/mol. The summed E-state index contributed by atoms with van der Waals surface area (Å²) in [6.45, 7) is 11.4. The largest absolute Gasteiger partial charge is 0.462 e. The van der Waals surface area contributed by atoms with Crippen molar-refractivity contribution in [2.24, 2.45) is 11.8 Å². The lowest BCUT2D eigenvalue weighted by molar-refractivity contribution is -0.167. The number of ether oxygens (including phenoxy) is 3. The molecule has 0 bridgehead atoms. The summed E-state index contributed by atoms with van der Waals surface area (Å²) in [5.74, 6) is 0.865.